The summed E-state index contributed by atoms with van der Waals surface area (Å²) in [4.78, 5) is 0. The van der Waals surface area contributed by atoms with Gasteiger partial charge in [-0.1, -0.05) is 15.9 Å². The number of benzene rings is 1. The van der Waals surface area contributed by atoms with Crippen molar-refractivity contribution in [3.63, 3.8) is 0 Å². The number of primary sulfonamides is 1. The van der Waals surface area contributed by atoms with Crippen LogP contribution >= 0.6 is 31.9 Å². The number of nitrogens with two attached hydrogens (primary N) is 1. The molecule has 0 aromatic heterocycles. The van der Waals surface area contributed by atoms with Crippen LogP contribution in [0, 0.1) is 5.41 Å². The lowest BCUT2D eigenvalue weighted by Crippen LogP contribution is -2.42. The summed E-state index contributed by atoms with van der Waals surface area (Å²) in [6.07, 6.45) is 1.25. The number of hydrogen-bond donors (Lipinski definition) is 1. The van der Waals surface area contributed by atoms with E-state index in [0.29, 0.717) is 38.4 Å². The van der Waals surface area contributed by atoms with E-state index in [9.17, 15) is 8.42 Å². The minimum absolute atomic E-state index is 0.0858. The first-order chi connectivity index (χ1) is 9.80. The van der Waals surface area contributed by atoms with Gasteiger partial charge < -0.3 is 9.47 Å². The van der Waals surface area contributed by atoms with Gasteiger partial charge in [-0.15, -0.1) is 0 Å². The molecule has 5 nitrogen and oxygen atoms in total. The van der Waals surface area contributed by atoms with E-state index in [1.54, 1.807) is 0 Å². The highest BCUT2D eigenvalue weighted by Crippen LogP contribution is 2.35. The highest BCUT2D eigenvalue weighted by atomic mass is 79.9. The largest absolute Gasteiger partial charge is 0.492 e. The van der Waals surface area contributed by atoms with Crippen molar-refractivity contribution in [3.8, 4) is 5.75 Å². The van der Waals surface area contributed by atoms with Crippen LogP contribution in [0.3, 0.4) is 0 Å². The predicted molar refractivity (Wildman–Crippen MR) is 87.8 cm³/mol. The lowest BCUT2D eigenvalue weighted by atomic mass is 9.83. The van der Waals surface area contributed by atoms with Gasteiger partial charge in [0.1, 0.15) is 5.75 Å². The maximum absolute atomic E-state index is 11.5. The second-order valence-electron chi connectivity index (χ2n) is 5.28. The molecule has 1 aliphatic heterocycles. The smallest absolute Gasteiger partial charge is 0.209 e. The van der Waals surface area contributed by atoms with Gasteiger partial charge in [0.05, 0.1) is 16.8 Å². The zero-order valence-electron chi connectivity index (χ0n) is 11.3. The van der Waals surface area contributed by atoms with Gasteiger partial charge in [-0.2, -0.15) is 0 Å². The minimum Gasteiger partial charge on any atom is -0.492 e. The first-order valence-corrected chi connectivity index (χ1v) is 9.76. The third-order valence-electron chi connectivity index (χ3n) is 3.49. The zero-order valence-corrected chi connectivity index (χ0v) is 15.3. The molecule has 0 radical (unpaired) electrons. The molecule has 1 aliphatic rings. The Morgan fingerprint density at radius 1 is 1.29 bits per heavy atom. The molecule has 0 amide bonds. The fraction of sp³-hybridized carbons (Fsp3) is 0.538. The summed E-state index contributed by atoms with van der Waals surface area (Å²) >= 11 is 6.80. The molecule has 1 saturated heterocycles. The van der Waals surface area contributed by atoms with E-state index in [0.717, 1.165) is 8.95 Å². The van der Waals surface area contributed by atoms with Crippen LogP contribution in [0.2, 0.25) is 0 Å². The third kappa shape index (κ3) is 5.21. The molecule has 1 aromatic rings. The molecule has 8 heteroatoms. The van der Waals surface area contributed by atoms with E-state index in [1.807, 2.05) is 18.2 Å². The highest BCUT2D eigenvalue weighted by Gasteiger charge is 2.37. The Bertz CT molecular complexity index is 600. The van der Waals surface area contributed by atoms with Crippen molar-refractivity contribution in [2.45, 2.75) is 12.8 Å². The summed E-state index contributed by atoms with van der Waals surface area (Å²) < 4.78 is 35.9. The van der Waals surface area contributed by atoms with Crippen molar-refractivity contribution >= 4 is 41.9 Å². The van der Waals surface area contributed by atoms with Crippen LogP contribution in [0.5, 0.6) is 5.75 Å². The average molecular weight is 443 g/mol. The minimum atomic E-state index is -3.56. The van der Waals surface area contributed by atoms with E-state index in [4.69, 9.17) is 14.6 Å². The maximum atomic E-state index is 11.5. The zero-order chi connectivity index (χ0) is 15.5. The summed E-state index contributed by atoms with van der Waals surface area (Å²) in [5.74, 6) is 0.593. The third-order valence-corrected chi connectivity index (χ3v) is 5.62. The van der Waals surface area contributed by atoms with Crippen LogP contribution in [-0.4, -0.2) is 34.0 Å². The fourth-order valence-corrected chi connectivity index (χ4v) is 4.77. The van der Waals surface area contributed by atoms with Crippen molar-refractivity contribution in [2.75, 3.05) is 25.6 Å². The van der Waals surface area contributed by atoms with Gasteiger partial charge in [-0.25, -0.2) is 13.6 Å². The quantitative estimate of drug-likeness (QED) is 0.760. The summed E-state index contributed by atoms with van der Waals surface area (Å²) in [6, 6.07) is 5.58. The van der Waals surface area contributed by atoms with Crippen molar-refractivity contribution in [1.82, 2.24) is 0 Å². The molecule has 0 aliphatic carbocycles. The van der Waals surface area contributed by atoms with Crippen LogP contribution in [0.4, 0.5) is 0 Å². The van der Waals surface area contributed by atoms with Gasteiger partial charge in [-0.3, -0.25) is 0 Å². The predicted octanol–water partition coefficient (Wildman–Crippen LogP) is 2.68. The van der Waals surface area contributed by atoms with E-state index in [2.05, 4.69) is 31.9 Å². The van der Waals surface area contributed by atoms with Crippen molar-refractivity contribution in [2.24, 2.45) is 10.6 Å². The highest BCUT2D eigenvalue weighted by molar-refractivity contribution is 9.11. The lowest BCUT2D eigenvalue weighted by Gasteiger charge is -2.36. The number of rotatable bonds is 5. The van der Waals surface area contributed by atoms with Gasteiger partial charge >= 0.3 is 0 Å². The number of halogens is 2. The first kappa shape index (κ1) is 17.2. The normalized spacial score (nSPS) is 18.4. The van der Waals surface area contributed by atoms with Gasteiger partial charge in [-0.05, 0) is 47.0 Å². The molecule has 1 fully saturated rings. The molecular weight excluding hydrogens is 426 g/mol. The Hall–Kier alpha value is -0.150. The summed E-state index contributed by atoms with van der Waals surface area (Å²) in [5, 5.41) is 5.23. The number of sulfonamides is 1. The molecule has 118 valence electrons. The Labute approximate surface area is 141 Å². The molecule has 0 atom stereocenters. The van der Waals surface area contributed by atoms with Crippen molar-refractivity contribution in [1.29, 1.82) is 0 Å². The van der Waals surface area contributed by atoms with E-state index in [1.165, 1.54) is 0 Å². The van der Waals surface area contributed by atoms with Crippen LogP contribution in [0.1, 0.15) is 12.8 Å². The Morgan fingerprint density at radius 3 is 2.52 bits per heavy atom. The number of hydrogen-bond acceptors (Lipinski definition) is 4. The molecule has 21 heavy (non-hydrogen) atoms. The number of ether oxygens (including phenoxy) is 2. The molecule has 0 saturated carbocycles. The van der Waals surface area contributed by atoms with Gasteiger partial charge in [0.2, 0.25) is 10.0 Å². The maximum Gasteiger partial charge on any atom is 0.209 e. The van der Waals surface area contributed by atoms with Gasteiger partial charge in [0, 0.05) is 23.1 Å². The molecule has 0 bridgehead atoms. The molecule has 1 heterocycles. The fourth-order valence-electron chi connectivity index (χ4n) is 2.38. The molecule has 0 spiro atoms. The first-order valence-electron chi connectivity index (χ1n) is 6.46. The molecular formula is C13H17Br2NO4S. The van der Waals surface area contributed by atoms with Crippen molar-refractivity contribution in [3.05, 3.63) is 27.1 Å². The molecule has 1 aromatic carbocycles. The monoisotopic (exact) mass is 441 g/mol. The molecule has 2 N–H and O–H groups in total. The molecule has 0 unspecified atom stereocenters. The van der Waals surface area contributed by atoms with Crippen LogP contribution in [-0.2, 0) is 14.8 Å². The SMILES string of the molecule is NS(=O)(=O)CC1(COc2ccc(Br)cc2Br)CCOCC1. The topological polar surface area (TPSA) is 78.6 Å². The summed E-state index contributed by atoms with van der Waals surface area (Å²) in [7, 11) is -3.56. The van der Waals surface area contributed by atoms with E-state index < -0.39 is 15.4 Å². The van der Waals surface area contributed by atoms with Crippen LogP contribution in [0.25, 0.3) is 0 Å². The average Bonchev–Trinajstić information content (AvgIpc) is 2.37. The summed E-state index contributed by atoms with van der Waals surface area (Å²) in [5.41, 5.74) is -0.488. The van der Waals surface area contributed by atoms with Gasteiger partial charge in [0.25, 0.3) is 0 Å². The second kappa shape index (κ2) is 6.95. The van der Waals surface area contributed by atoms with Crippen molar-refractivity contribution < 1.29 is 17.9 Å². The molecule has 2 rings (SSSR count). The standard InChI is InChI=1S/C13H17Br2NO4S/c14-10-1-2-12(11(15)7-10)20-8-13(9-21(16,17)18)3-5-19-6-4-13/h1-2,7H,3-6,8-9H2,(H2,16,17,18). The van der Waals surface area contributed by atoms with Crippen LogP contribution < -0.4 is 9.88 Å². The van der Waals surface area contributed by atoms with E-state index in [-0.39, 0.29) is 5.75 Å². The van der Waals surface area contributed by atoms with E-state index >= 15 is 0 Å². The Morgan fingerprint density at radius 2 is 1.95 bits per heavy atom. The summed E-state index contributed by atoms with van der Waals surface area (Å²) in [6.45, 7) is 1.35. The Balaban J connectivity index is 2.12. The van der Waals surface area contributed by atoms with Gasteiger partial charge in [0.15, 0.2) is 0 Å². The van der Waals surface area contributed by atoms with Crippen LogP contribution in [0.15, 0.2) is 27.1 Å². The second-order valence-corrected chi connectivity index (χ2v) is 8.67. The Kier molecular flexibility index (Phi) is 5.70. The lowest BCUT2D eigenvalue weighted by molar-refractivity contribution is 0.00196.